The summed E-state index contributed by atoms with van der Waals surface area (Å²) in [6.45, 7) is 4.94. The van der Waals surface area contributed by atoms with Gasteiger partial charge in [0, 0.05) is 37.6 Å². The summed E-state index contributed by atoms with van der Waals surface area (Å²) in [4.78, 5) is 29.3. The van der Waals surface area contributed by atoms with Crippen LogP contribution in [0, 0.1) is 0 Å². The summed E-state index contributed by atoms with van der Waals surface area (Å²) >= 11 is 0. The predicted octanol–water partition coefficient (Wildman–Crippen LogP) is 2.70. The van der Waals surface area contributed by atoms with Crippen LogP contribution in [0.25, 0.3) is 0 Å². The van der Waals surface area contributed by atoms with E-state index < -0.39 is 11.8 Å². The van der Waals surface area contributed by atoms with Crippen LogP contribution < -0.4 is 20.4 Å². The molecule has 29 heavy (non-hydrogen) atoms. The minimum Gasteiger partial charge on any atom is -0.378 e. The average molecular weight is 394 g/mol. The first-order valence-corrected chi connectivity index (χ1v) is 10.1. The van der Waals surface area contributed by atoms with Crippen molar-refractivity contribution < 1.29 is 14.3 Å². The van der Waals surface area contributed by atoms with Gasteiger partial charge in [0.25, 0.3) is 0 Å². The van der Waals surface area contributed by atoms with Gasteiger partial charge in [-0.15, -0.1) is 0 Å². The third kappa shape index (κ3) is 4.68. The number of anilines is 4. The fraction of sp³-hybridized carbons (Fsp3) is 0.364. The maximum atomic E-state index is 12.5. The quantitative estimate of drug-likeness (QED) is 0.780. The molecule has 0 aromatic heterocycles. The zero-order valence-electron chi connectivity index (χ0n) is 16.4. The molecule has 2 aliphatic rings. The second kappa shape index (κ2) is 8.96. The topological polar surface area (TPSA) is 73.9 Å². The minimum absolute atomic E-state index is 0.606. The fourth-order valence-electron chi connectivity index (χ4n) is 3.76. The highest BCUT2D eigenvalue weighted by Gasteiger charge is 2.19. The molecule has 0 bridgehead atoms. The number of carbonyl (C=O) groups is 2. The Balaban J connectivity index is 1.38. The van der Waals surface area contributed by atoms with Gasteiger partial charge in [0.1, 0.15) is 0 Å². The van der Waals surface area contributed by atoms with Crippen molar-refractivity contribution in [3.63, 3.8) is 0 Å². The van der Waals surface area contributed by atoms with Crippen LogP contribution in [-0.2, 0) is 14.3 Å². The molecule has 7 heteroatoms. The first-order chi connectivity index (χ1) is 14.2. The Morgan fingerprint density at radius 2 is 1.41 bits per heavy atom. The van der Waals surface area contributed by atoms with Crippen LogP contribution >= 0.6 is 0 Å². The van der Waals surface area contributed by atoms with E-state index in [-0.39, 0.29) is 0 Å². The monoisotopic (exact) mass is 394 g/mol. The maximum Gasteiger partial charge on any atom is 0.314 e. The lowest BCUT2D eigenvalue weighted by Gasteiger charge is -2.30. The molecule has 2 saturated heterocycles. The first kappa shape index (κ1) is 19.3. The van der Waals surface area contributed by atoms with Gasteiger partial charge in [0.2, 0.25) is 0 Å². The molecular weight excluding hydrogens is 368 g/mol. The maximum absolute atomic E-state index is 12.5. The Hall–Kier alpha value is -3.06. The smallest absolute Gasteiger partial charge is 0.314 e. The summed E-state index contributed by atoms with van der Waals surface area (Å²) in [6, 6.07) is 15.1. The first-order valence-electron chi connectivity index (χ1n) is 10.1. The number of benzene rings is 2. The molecule has 0 spiro atoms. The molecular formula is C22H26N4O3. The van der Waals surface area contributed by atoms with Gasteiger partial charge >= 0.3 is 11.8 Å². The van der Waals surface area contributed by atoms with Crippen LogP contribution in [0.1, 0.15) is 12.8 Å². The number of amides is 2. The van der Waals surface area contributed by atoms with Crippen LogP contribution in [0.3, 0.4) is 0 Å². The van der Waals surface area contributed by atoms with Crippen LogP contribution in [0.2, 0.25) is 0 Å². The average Bonchev–Trinajstić information content (AvgIpc) is 3.30. The van der Waals surface area contributed by atoms with E-state index in [9.17, 15) is 9.59 Å². The van der Waals surface area contributed by atoms with Gasteiger partial charge in [-0.2, -0.15) is 0 Å². The molecule has 2 fully saturated rings. The van der Waals surface area contributed by atoms with Gasteiger partial charge in [0.15, 0.2) is 0 Å². The summed E-state index contributed by atoms with van der Waals surface area (Å²) in [5.41, 5.74) is 3.27. The van der Waals surface area contributed by atoms with Crippen LogP contribution in [0.4, 0.5) is 22.7 Å². The number of ether oxygens (including phenoxy) is 1. The van der Waals surface area contributed by atoms with Crippen molar-refractivity contribution in [3.05, 3.63) is 48.5 Å². The lowest BCUT2D eigenvalue weighted by Crippen LogP contribution is -2.37. The Kier molecular flexibility index (Phi) is 5.95. The van der Waals surface area contributed by atoms with Crippen molar-refractivity contribution in [1.82, 2.24) is 0 Å². The molecule has 152 valence electrons. The molecule has 0 atom stereocenters. The van der Waals surface area contributed by atoms with E-state index in [4.69, 9.17) is 4.74 Å². The number of para-hydroxylation sites is 2. The zero-order chi connectivity index (χ0) is 20.1. The van der Waals surface area contributed by atoms with E-state index in [2.05, 4.69) is 20.4 Å². The Morgan fingerprint density at radius 3 is 2.14 bits per heavy atom. The normalized spacial score (nSPS) is 16.6. The molecule has 7 nitrogen and oxygen atoms in total. The van der Waals surface area contributed by atoms with Gasteiger partial charge in [-0.05, 0) is 49.2 Å². The number of hydrogen-bond donors (Lipinski definition) is 2. The predicted molar refractivity (Wildman–Crippen MR) is 115 cm³/mol. The molecule has 0 unspecified atom stereocenters. The highest BCUT2D eigenvalue weighted by atomic mass is 16.5. The number of hydrogen-bond acceptors (Lipinski definition) is 5. The number of carbonyl (C=O) groups excluding carboxylic acids is 2. The van der Waals surface area contributed by atoms with Gasteiger partial charge in [-0.25, -0.2) is 0 Å². The molecule has 2 aromatic rings. The van der Waals surface area contributed by atoms with E-state index in [0.717, 1.165) is 37.6 Å². The molecule has 2 N–H and O–H groups in total. The van der Waals surface area contributed by atoms with E-state index >= 15 is 0 Å². The van der Waals surface area contributed by atoms with Crippen LogP contribution in [-0.4, -0.2) is 51.2 Å². The largest absolute Gasteiger partial charge is 0.378 e. The van der Waals surface area contributed by atoms with Gasteiger partial charge in [-0.3, -0.25) is 9.59 Å². The fourth-order valence-corrected chi connectivity index (χ4v) is 3.76. The summed E-state index contributed by atoms with van der Waals surface area (Å²) in [7, 11) is 0. The van der Waals surface area contributed by atoms with Crippen molar-refractivity contribution in [2.24, 2.45) is 0 Å². The van der Waals surface area contributed by atoms with Crippen molar-refractivity contribution in [3.8, 4) is 0 Å². The molecule has 2 heterocycles. The zero-order valence-corrected chi connectivity index (χ0v) is 16.4. The molecule has 0 radical (unpaired) electrons. The van der Waals surface area contributed by atoms with Crippen LogP contribution in [0.15, 0.2) is 48.5 Å². The SMILES string of the molecule is O=C(Nc1ccc(N2CCCC2)cc1)C(=O)Nc1ccccc1N1CCOCC1. The standard InChI is InChI=1S/C22H26N4O3/c27-21(23-17-7-9-18(10-8-17)25-11-3-4-12-25)22(28)24-19-5-1-2-6-20(19)26-13-15-29-16-14-26/h1-2,5-10H,3-4,11-16H2,(H,23,27)(H,24,28). The minimum atomic E-state index is -0.686. The van der Waals surface area contributed by atoms with E-state index in [0.29, 0.717) is 24.6 Å². The van der Waals surface area contributed by atoms with Gasteiger partial charge in [-0.1, -0.05) is 12.1 Å². The van der Waals surface area contributed by atoms with Crippen molar-refractivity contribution >= 4 is 34.6 Å². The third-order valence-electron chi connectivity index (χ3n) is 5.31. The Morgan fingerprint density at radius 1 is 0.759 bits per heavy atom. The molecule has 2 aliphatic heterocycles. The lowest BCUT2D eigenvalue weighted by atomic mass is 10.2. The highest BCUT2D eigenvalue weighted by molar-refractivity contribution is 6.43. The molecule has 2 aromatic carbocycles. The molecule has 4 rings (SSSR count). The summed E-state index contributed by atoms with van der Waals surface area (Å²) in [5.74, 6) is -1.37. The Bertz CT molecular complexity index is 857. The van der Waals surface area contributed by atoms with E-state index in [1.165, 1.54) is 12.8 Å². The number of rotatable bonds is 4. The summed E-state index contributed by atoms with van der Waals surface area (Å²) < 4.78 is 5.39. The Labute approximate surface area is 170 Å². The second-order valence-electron chi connectivity index (χ2n) is 7.27. The number of nitrogens with zero attached hydrogens (tertiary/aromatic N) is 2. The lowest BCUT2D eigenvalue weighted by molar-refractivity contribution is -0.132. The number of morpholine rings is 1. The van der Waals surface area contributed by atoms with Crippen molar-refractivity contribution in [1.29, 1.82) is 0 Å². The van der Waals surface area contributed by atoms with Crippen molar-refractivity contribution in [2.45, 2.75) is 12.8 Å². The second-order valence-corrected chi connectivity index (χ2v) is 7.27. The van der Waals surface area contributed by atoms with Gasteiger partial charge in [0.05, 0.1) is 24.6 Å². The van der Waals surface area contributed by atoms with Crippen LogP contribution in [0.5, 0.6) is 0 Å². The van der Waals surface area contributed by atoms with Gasteiger partial charge < -0.3 is 25.2 Å². The summed E-state index contributed by atoms with van der Waals surface area (Å²) in [5, 5.41) is 5.42. The van der Waals surface area contributed by atoms with E-state index in [1.54, 1.807) is 6.07 Å². The highest BCUT2D eigenvalue weighted by Crippen LogP contribution is 2.26. The third-order valence-corrected chi connectivity index (χ3v) is 5.31. The summed E-state index contributed by atoms with van der Waals surface area (Å²) in [6.07, 6.45) is 2.43. The molecule has 2 amide bonds. The van der Waals surface area contributed by atoms with Crippen molar-refractivity contribution in [2.75, 3.05) is 59.8 Å². The molecule has 0 saturated carbocycles. The van der Waals surface area contributed by atoms with E-state index in [1.807, 2.05) is 42.5 Å². The molecule has 0 aliphatic carbocycles. The number of nitrogens with one attached hydrogen (secondary N) is 2.